The quantitative estimate of drug-likeness (QED) is 0.638. The maximum atomic E-state index is 12.7. The SMILES string of the molecule is O=C(c1c(Cl)cccc1Cl)c1cccc2ccncc12. The van der Waals surface area contributed by atoms with Gasteiger partial charge in [-0.25, -0.2) is 0 Å². The summed E-state index contributed by atoms with van der Waals surface area (Å²) < 4.78 is 0. The Morgan fingerprint density at radius 1 is 0.950 bits per heavy atom. The lowest BCUT2D eigenvalue weighted by atomic mass is 9.98. The Morgan fingerprint density at radius 2 is 1.65 bits per heavy atom. The second-order valence-corrected chi connectivity index (χ2v) is 5.14. The Kier molecular flexibility index (Phi) is 3.43. The number of carbonyl (C=O) groups excluding carboxylic acids is 1. The van der Waals surface area contributed by atoms with Crippen LogP contribution < -0.4 is 0 Å². The zero-order valence-corrected chi connectivity index (χ0v) is 11.8. The first-order valence-electron chi connectivity index (χ1n) is 6.00. The number of carbonyl (C=O) groups is 1. The van der Waals surface area contributed by atoms with Crippen LogP contribution in [-0.4, -0.2) is 10.8 Å². The highest BCUT2D eigenvalue weighted by molar-refractivity contribution is 6.41. The minimum atomic E-state index is -0.195. The lowest BCUT2D eigenvalue weighted by Crippen LogP contribution is -2.04. The first-order valence-corrected chi connectivity index (χ1v) is 6.75. The summed E-state index contributed by atoms with van der Waals surface area (Å²) in [6.45, 7) is 0. The van der Waals surface area contributed by atoms with Gasteiger partial charge in [0.1, 0.15) is 0 Å². The minimum Gasteiger partial charge on any atom is -0.288 e. The molecule has 0 atom stereocenters. The molecule has 2 nitrogen and oxygen atoms in total. The average Bonchev–Trinajstić information content (AvgIpc) is 2.46. The Labute approximate surface area is 126 Å². The standard InChI is InChI=1S/C16H9Cl2NO/c17-13-5-2-6-14(18)15(13)16(20)11-4-1-3-10-7-8-19-9-12(10)11/h1-9H. The molecule has 0 aliphatic heterocycles. The van der Waals surface area contributed by atoms with E-state index in [4.69, 9.17) is 23.2 Å². The number of halogens is 2. The molecule has 2 aromatic carbocycles. The molecule has 0 fully saturated rings. The van der Waals surface area contributed by atoms with Crippen LogP contribution in [0.25, 0.3) is 10.8 Å². The van der Waals surface area contributed by atoms with E-state index in [2.05, 4.69) is 4.98 Å². The largest absolute Gasteiger partial charge is 0.288 e. The number of aromatic nitrogens is 1. The molecule has 0 saturated carbocycles. The molecular weight excluding hydrogens is 293 g/mol. The van der Waals surface area contributed by atoms with Crippen molar-refractivity contribution in [1.29, 1.82) is 0 Å². The smallest absolute Gasteiger partial charge is 0.196 e. The van der Waals surface area contributed by atoms with Crippen molar-refractivity contribution in [3.63, 3.8) is 0 Å². The highest BCUT2D eigenvalue weighted by atomic mass is 35.5. The summed E-state index contributed by atoms with van der Waals surface area (Å²) >= 11 is 12.2. The maximum Gasteiger partial charge on any atom is 0.196 e. The topological polar surface area (TPSA) is 30.0 Å². The van der Waals surface area contributed by atoms with E-state index in [1.165, 1.54) is 0 Å². The summed E-state index contributed by atoms with van der Waals surface area (Å²) in [6.07, 6.45) is 3.37. The van der Waals surface area contributed by atoms with E-state index in [1.807, 2.05) is 18.2 Å². The van der Waals surface area contributed by atoms with Crippen LogP contribution >= 0.6 is 23.2 Å². The van der Waals surface area contributed by atoms with Crippen molar-refractivity contribution in [3.8, 4) is 0 Å². The number of rotatable bonds is 2. The summed E-state index contributed by atoms with van der Waals surface area (Å²) in [5, 5.41) is 2.44. The molecule has 0 amide bonds. The van der Waals surface area contributed by atoms with Crippen molar-refractivity contribution in [3.05, 3.63) is 76.0 Å². The van der Waals surface area contributed by atoms with Crippen LogP contribution in [-0.2, 0) is 0 Å². The van der Waals surface area contributed by atoms with Crippen LogP contribution in [0.5, 0.6) is 0 Å². The molecule has 0 N–H and O–H groups in total. The van der Waals surface area contributed by atoms with E-state index >= 15 is 0 Å². The number of nitrogens with zero attached hydrogens (tertiary/aromatic N) is 1. The molecule has 0 bridgehead atoms. The zero-order valence-electron chi connectivity index (χ0n) is 10.3. The van der Waals surface area contributed by atoms with Crippen LogP contribution in [0.4, 0.5) is 0 Å². The van der Waals surface area contributed by atoms with Gasteiger partial charge in [-0.2, -0.15) is 0 Å². The first kappa shape index (κ1) is 13.1. The third kappa shape index (κ3) is 2.17. The second kappa shape index (κ2) is 5.23. The number of ketones is 1. The number of benzene rings is 2. The van der Waals surface area contributed by atoms with Crippen molar-refractivity contribution in [2.24, 2.45) is 0 Å². The molecule has 98 valence electrons. The molecule has 0 saturated heterocycles. The van der Waals surface area contributed by atoms with Crippen LogP contribution in [0.15, 0.2) is 54.9 Å². The van der Waals surface area contributed by atoms with E-state index in [0.29, 0.717) is 21.2 Å². The predicted molar refractivity (Wildman–Crippen MR) is 81.6 cm³/mol. The van der Waals surface area contributed by atoms with Gasteiger partial charge in [-0.1, -0.05) is 47.5 Å². The highest BCUT2D eigenvalue weighted by Gasteiger charge is 2.18. The average molecular weight is 302 g/mol. The van der Waals surface area contributed by atoms with Gasteiger partial charge < -0.3 is 0 Å². The molecule has 0 aliphatic carbocycles. The first-order chi connectivity index (χ1) is 9.68. The van der Waals surface area contributed by atoms with Crippen LogP contribution in [0.3, 0.4) is 0 Å². The summed E-state index contributed by atoms with van der Waals surface area (Å²) in [7, 11) is 0. The fourth-order valence-electron chi connectivity index (χ4n) is 2.16. The van der Waals surface area contributed by atoms with Gasteiger partial charge in [0.25, 0.3) is 0 Å². The zero-order chi connectivity index (χ0) is 14.1. The van der Waals surface area contributed by atoms with Crippen LogP contribution in [0.1, 0.15) is 15.9 Å². The normalized spacial score (nSPS) is 10.7. The van der Waals surface area contributed by atoms with E-state index in [0.717, 1.165) is 10.8 Å². The Balaban J connectivity index is 2.24. The summed E-state index contributed by atoms with van der Waals surface area (Å²) in [5.74, 6) is -0.195. The van der Waals surface area contributed by atoms with Gasteiger partial charge in [-0.3, -0.25) is 9.78 Å². The number of pyridine rings is 1. The van der Waals surface area contributed by atoms with Gasteiger partial charge in [0, 0.05) is 23.3 Å². The third-order valence-electron chi connectivity index (χ3n) is 3.12. The molecule has 20 heavy (non-hydrogen) atoms. The summed E-state index contributed by atoms with van der Waals surface area (Å²) in [4.78, 5) is 16.8. The van der Waals surface area contributed by atoms with Gasteiger partial charge in [-0.15, -0.1) is 0 Å². The molecule has 4 heteroatoms. The second-order valence-electron chi connectivity index (χ2n) is 4.33. The van der Waals surface area contributed by atoms with Gasteiger partial charge in [-0.05, 0) is 23.6 Å². The lowest BCUT2D eigenvalue weighted by Gasteiger charge is -2.08. The third-order valence-corrected chi connectivity index (χ3v) is 3.75. The Bertz CT molecular complexity index is 789. The monoisotopic (exact) mass is 301 g/mol. The Hall–Kier alpha value is -1.90. The molecular formula is C16H9Cl2NO. The summed E-state index contributed by atoms with van der Waals surface area (Å²) in [6, 6.07) is 12.4. The molecule has 0 spiro atoms. The number of hydrogen-bond acceptors (Lipinski definition) is 2. The molecule has 3 aromatic rings. The summed E-state index contributed by atoms with van der Waals surface area (Å²) in [5.41, 5.74) is 0.873. The van der Waals surface area contributed by atoms with E-state index < -0.39 is 0 Å². The van der Waals surface area contributed by atoms with E-state index in [-0.39, 0.29) is 5.78 Å². The molecule has 0 radical (unpaired) electrons. The van der Waals surface area contributed by atoms with Gasteiger partial charge in [0.05, 0.1) is 15.6 Å². The molecule has 1 aromatic heterocycles. The van der Waals surface area contributed by atoms with Crippen LogP contribution in [0.2, 0.25) is 10.0 Å². The molecule has 1 heterocycles. The van der Waals surface area contributed by atoms with Gasteiger partial charge >= 0.3 is 0 Å². The fraction of sp³-hybridized carbons (Fsp3) is 0. The highest BCUT2D eigenvalue weighted by Crippen LogP contribution is 2.29. The van der Waals surface area contributed by atoms with E-state index in [9.17, 15) is 4.79 Å². The van der Waals surface area contributed by atoms with Gasteiger partial charge in [0.2, 0.25) is 0 Å². The number of hydrogen-bond donors (Lipinski definition) is 0. The van der Waals surface area contributed by atoms with Crippen molar-refractivity contribution in [2.75, 3.05) is 0 Å². The predicted octanol–water partition coefficient (Wildman–Crippen LogP) is 4.77. The van der Waals surface area contributed by atoms with Crippen molar-refractivity contribution >= 4 is 39.8 Å². The lowest BCUT2D eigenvalue weighted by molar-refractivity contribution is 0.104. The van der Waals surface area contributed by atoms with Crippen molar-refractivity contribution in [1.82, 2.24) is 4.98 Å². The van der Waals surface area contributed by atoms with Crippen molar-refractivity contribution < 1.29 is 4.79 Å². The maximum absolute atomic E-state index is 12.7. The Morgan fingerprint density at radius 3 is 2.40 bits per heavy atom. The van der Waals surface area contributed by atoms with Crippen LogP contribution in [0, 0.1) is 0 Å². The fourth-order valence-corrected chi connectivity index (χ4v) is 2.73. The molecule has 3 rings (SSSR count). The van der Waals surface area contributed by atoms with Gasteiger partial charge in [0.15, 0.2) is 5.78 Å². The minimum absolute atomic E-state index is 0.195. The molecule has 0 unspecified atom stereocenters. The van der Waals surface area contributed by atoms with E-state index in [1.54, 1.807) is 36.7 Å². The number of fused-ring (bicyclic) bond motifs is 1. The molecule has 0 aliphatic rings. The van der Waals surface area contributed by atoms with Crippen molar-refractivity contribution in [2.45, 2.75) is 0 Å².